The summed E-state index contributed by atoms with van der Waals surface area (Å²) in [5.74, 6) is -0.182. The van der Waals surface area contributed by atoms with E-state index in [0.717, 1.165) is 12.0 Å². The molecule has 104 valence electrons. The van der Waals surface area contributed by atoms with E-state index in [2.05, 4.69) is 24.4 Å². The van der Waals surface area contributed by atoms with Gasteiger partial charge in [-0.05, 0) is 37.0 Å². The molecule has 3 nitrogen and oxygen atoms in total. The number of benzene rings is 1. The number of hydrogen-bond acceptors (Lipinski definition) is 2. The molecule has 0 aliphatic rings. The van der Waals surface area contributed by atoms with Crippen molar-refractivity contribution in [1.29, 1.82) is 0 Å². The fourth-order valence-corrected chi connectivity index (χ4v) is 1.62. The SMILES string of the molecule is CCc1ccc(C=CC(=O)NC(C)(CC)CO)cc1. The lowest BCUT2D eigenvalue weighted by atomic mass is 10.0. The highest BCUT2D eigenvalue weighted by molar-refractivity contribution is 5.92. The number of amides is 1. The molecule has 1 rings (SSSR count). The van der Waals surface area contributed by atoms with Gasteiger partial charge in [0.25, 0.3) is 0 Å². The molecule has 0 spiro atoms. The number of rotatable bonds is 6. The van der Waals surface area contributed by atoms with E-state index in [4.69, 9.17) is 0 Å². The summed E-state index contributed by atoms with van der Waals surface area (Å²) in [7, 11) is 0. The molecule has 3 heteroatoms. The number of aliphatic hydroxyl groups is 1. The van der Waals surface area contributed by atoms with Crippen molar-refractivity contribution in [3.63, 3.8) is 0 Å². The van der Waals surface area contributed by atoms with Gasteiger partial charge < -0.3 is 10.4 Å². The number of carbonyl (C=O) groups is 1. The highest BCUT2D eigenvalue weighted by Gasteiger charge is 2.21. The predicted molar refractivity (Wildman–Crippen MR) is 78.8 cm³/mol. The molecule has 0 aromatic heterocycles. The van der Waals surface area contributed by atoms with E-state index < -0.39 is 5.54 Å². The molecule has 0 aliphatic carbocycles. The molecular formula is C16H23NO2. The minimum atomic E-state index is -0.548. The second-order valence-electron chi connectivity index (χ2n) is 4.99. The summed E-state index contributed by atoms with van der Waals surface area (Å²) < 4.78 is 0. The van der Waals surface area contributed by atoms with Crippen molar-refractivity contribution in [2.24, 2.45) is 0 Å². The van der Waals surface area contributed by atoms with Gasteiger partial charge in [-0.2, -0.15) is 0 Å². The zero-order valence-electron chi connectivity index (χ0n) is 11.9. The Morgan fingerprint density at radius 3 is 2.42 bits per heavy atom. The van der Waals surface area contributed by atoms with Gasteiger partial charge in [0.05, 0.1) is 12.1 Å². The van der Waals surface area contributed by atoms with Crippen LogP contribution >= 0.6 is 0 Å². The Bertz CT molecular complexity index is 431. The van der Waals surface area contributed by atoms with Crippen molar-refractivity contribution >= 4 is 12.0 Å². The van der Waals surface area contributed by atoms with Crippen LogP contribution in [-0.2, 0) is 11.2 Å². The normalized spacial score (nSPS) is 14.3. The third kappa shape index (κ3) is 4.87. The first-order valence-corrected chi connectivity index (χ1v) is 6.73. The third-order valence-electron chi connectivity index (χ3n) is 3.37. The fraction of sp³-hybridized carbons (Fsp3) is 0.438. The van der Waals surface area contributed by atoms with Gasteiger partial charge in [-0.15, -0.1) is 0 Å². The van der Waals surface area contributed by atoms with E-state index in [9.17, 15) is 9.90 Å². The van der Waals surface area contributed by atoms with Crippen LogP contribution in [0.3, 0.4) is 0 Å². The second kappa shape index (κ2) is 7.10. The first kappa shape index (κ1) is 15.4. The topological polar surface area (TPSA) is 49.3 Å². The number of aryl methyl sites for hydroxylation is 1. The Kier molecular flexibility index (Phi) is 5.77. The van der Waals surface area contributed by atoms with E-state index in [1.54, 1.807) is 6.08 Å². The molecule has 2 N–H and O–H groups in total. The van der Waals surface area contributed by atoms with E-state index in [1.165, 1.54) is 11.6 Å². The average molecular weight is 261 g/mol. The Balaban J connectivity index is 2.62. The smallest absolute Gasteiger partial charge is 0.244 e. The molecular weight excluding hydrogens is 238 g/mol. The van der Waals surface area contributed by atoms with Gasteiger partial charge in [-0.25, -0.2) is 0 Å². The van der Waals surface area contributed by atoms with Crippen molar-refractivity contribution < 1.29 is 9.90 Å². The summed E-state index contributed by atoms with van der Waals surface area (Å²) in [5, 5.41) is 12.0. The van der Waals surface area contributed by atoms with E-state index in [0.29, 0.717) is 6.42 Å². The second-order valence-corrected chi connectivity index (χ2v) is 4.99. The highest BCUT2D eigenvalue weighted by Crippen LogP contribution is 2.09. The standard InChI is InChI=1S/C16H23NO2/c1-4-13-6-8-14(9-7-13)10-11-15(19)17-16(3,5-2)12-18/h6-11,18H,4-5,12H2,1-3H3,(H,17,19). The fourth-order valence-electron chi connectivity index (χ4n) is 1.62. The molecule has 1 aromatic rings. The molecule has 0 heterocycles. The molecule has 0 saturated heterocycles. The maximum absolute atomic E-state index is 11.8. The summed E-state index contributed by atoms with van der Waals surface area (Å²) in [6.07, 6.45) is 4.98. The van der Waals surface area contributed by atoms with E-state index in [1.807, 2.05) is 26.0 Å². The van der Waals surface area contributed by atoms with Gasteiger partial charge in [0, 0.05) is 6.08 Å². The molecule has 0 bridgehead atoms. The predicted octanol–water partition coefficient (Wildman–Crippen LogP) is 2.54. The van der Waals surface area contributed by atoms with Crippen LogP contribution in [0.5, 0.6) is 0 Å². The average Bonchev–Trinajstić information content (AvgIpc) is 2.45. The molecule has 0 aliphatic heterocycles. The summed E-state index contributed by atoms with van der Waals surface area (Å²) in [4.78, 5) is 11.8. The first-order chi connectivity index (χ1) is 9.03. The minimum Gasteiger partial charge on any atom is -0.394 e. The van der Waals surface area contributed by atoms with Crippen LogP contribution in [0, 0.1) is 0 Å². The number of aliphatic hydroxyl groups excluding tert-OH is 1. The third-order valence-corrected chi connectivity index (χ3v) is 3.37. The molecule has 1 unspecified atom stereocenters. The Labute approximate surface area is 115 Å². The van der Waals surface area contributed by atoms with Crippen LogP contribution in [-0.4, -0.2) is 23.2 Å². The van der Waals surface area contributed by atoms with Gasteiger partial charge in [-0.3, -0.25) is 4.79 Å². The monoisotopic (exact) mass is 261 g/mol. The summed E-state index contributed by atoms with van der Waals surface area (Å²) in [6.45, 7) is 5.81. The van der Waals surface area contributed by atoms with Crippen molar-refractivity contribution in [2.45, 2.75) is 39.2 Å². The van der Waals surface area contributed by atoms with Crippen molar-refractivity contribution in [1.82, 2.24) is 5.32 Å². The van der Waals surface area contributed by atoms with E-state index >= 15 is 0 Å². The Morgan fingerprint density at radius 2 is 1.95 bits per heavy atom. The lowest BCUT2D eigenvalue weighted by molar-refractivity contribution is -0.118. The lowest BCUT2D eigenvalue weighted by Gasteiger charge is -2.26. The van der Waals surface area contributed by atoms with E-state index in [-0.39, 0.29) is 12.5 Å². The van der Waals surface area contributed by atoms with Crippen molar-refractivity contribution in [3.8, 4) is 0 Å². The highest BCUT2D eigenvalue weighted by atomic mass is 16.3. The van der Waals surface area contributed by atoms with Crippen LogP contribution in [0.2, 0.25) is 0 Å². The van der Waals surface area contributed by atoms with Crippen LogP contribution in [0.25, 0.3) is 6.08 Å². The summed E-state index contributed by atoms with van der Waals surface area (Å²) in [5.41, 5.74) is 1.73. The van der Waals surface area contributed by atoms with Gasteiger partial charge in [0.2, 0.25) is 5.91 Å². The molecule has 0 saturated carbocycles. The molecule has 1 aromatic carbocycles. The largest absolute Gasteiger partial charge is 0.394 e. The van der Waals surface area contributed by atoms with Crippen LogP contribution in [0.4, 0.5) is 0 Å². The minimum absolute atomic E-state index is 0.0612. The molecule has 19 heavy (non-hydrogen) atoms. The van der Waals surface area contributed by atoms with Crippen LogP contribution in [0.15, 0.2) is 30.3 Å². The quantitative estimate of drug-likeness (QED) is 0.773. The van der Waals surface area contributed by atoms with Gasteiger partial charge in [-0.1, -0.05) is 38.1 Å². The molecule has 0 radical (unpaired) electrons. The summed E-state index contributed by atoms with van der Waals surface area (Å²) >= 11 is 0. The number of carbonyl (C=O) groups excluding carboxylic acids is 1. The zero-order chi connectivity index (χ0) is 14.3. The summed E-state index contributed by atoms with van der Waals surface area (Å²) in [6, 6.07) is 8.10. The van der Waals surface area contributed by atoms with Crippen molar-refractivity contribution in [3.05, 3.63) is 41.5 Å². The molecule has 1 atom stereocenters. The lowest BCUT2D eigenvalue weighted by Crippen LogP contribution is -2.47. The van der Waals surface area contributed by atoms with Gasteiger partial charge in [0.1, 0.15) is 0 Å². The van der Waals surface area contributed by atoms with Crippen molar-refractivity contribution in [2.75, 3.05) is 6.61 Å². The molecule has 1 amide bonds. The number of nitrogens with one attached hydrogen (secondary N) is 1. The zero-order valence-corrected chi connectivity index (χ0v) is 11.9. The first-order valence-electron chi connectivity index (χ1n) is 6.73. The van der Waals surface area contributed by atoms with Crippen LogP contribution in [0.1, 0.15) is 38.3 Å². The number of hydrogen-bond donors (Lipinski definition) is 2. The Morgan fingerprint density at radius 1 is 1.32 bits per heavy atom. The van der Waals surface area contributed by atoms with Gasteiger partial charge >= 0.3 is 0 Å². The maximum Gasteiger partial charge on any atom is 0.244 e. The Hall–Kier alpha value is -1.61. The molecule has 0 fully saturated rings. The van der Waals surface area contributed by atoms with Gasteiger partial charge in [0.15, 0.2) is 0 Å². The maximum atomic E-state index is 11.8. The van der Waals surface area contributed by atoms with Crippen LogP contribution < -0.4 is 5.32 Å².